The molecule has 2 N–H and O–H groups in total. The molecule has 0 aliphatic carbocycles. The van der Waals surface area contributed by atoms with Gasteiger partial charge in [-0.1, -0.05) is 6.07 Å². The van der Waals surface area contributed by atoms with E-state index in [-0.39, 0.29) is 6.04 Å². The van der Waals surface area contributed by atoms with E-state index < -0.39 is 0 Å². The first-order valence-electron chi connectivity index (χ1n) is 5.45. The van der Waals surface area contributed by atoms with E-state index in [0.717, 1.165) is 24.1 Å². The van der Waals surface area contributed by atoms with Crippen LogP contribution in [0.3, 0.4) is 0 Å². The molecule has 0 fully saturated rings. The molecule has 0 saturated carbocycles. The van der Waals surface area contributed by atoms with Gasteiger partial charge in [0.1, 0.15) is 0 Å². The normalized spacial score (nSPS) is 12.6. The average molecular weight is 232 g/mol. The minimum atomic E-state index is 0.0907. The van der Waals surface area contributed by atoms with Gasteiger partial charge in [0, 0.05) is 17.9 Å². The standard InChI is InChI=1S/C13H16N2S/c1-10-2-4-12(8-15-10)13(14)5-3-11-6-7-16-9-11/h2,4,6-9,13H,3,5,14H2,1H3. The highest BCUT2D eigenvalue weighted by Crippen LogP contribution is 2.17. The summed E-state index contributed by atoms with van der Waals surface area (Å²) in [4.78, 5) is 4.27. The molecule has 2 rings (SSSR count). The summed E-state index contributed by atoms with van der Waals surface area (Å²) in [6.07, 6.45) is 3.90. The van der Waals surface area contributed by atoms with Gasteiger partial charge in [0.25, 0.3) is 0 Å². The monoisotopic (exact) mass is 232 g/mol. The molecule has 0 amide bonds. The predicted molar refractivity (Wildman–Crippen MR) is 68.5 cm³/mol. The number of rotatable bonds is 4. The van der Waals surface area contributed by atoms with Gasteiger partial charge in [-0.2, -0.15) is 11.3 Å². The van der Waals surface area contributed by atoms with E-state index in [2.05, 4.69) is 27.9 Å². The Hall–Kier alpha value is -1.19. The molecule has 0 saturated heterocycles. The number of aromatic nitrogens is 1. The van der Waals surface area contributed by atoms with Gasteiger partial charge in [0.05, 0.1) is 0 Å². The van der Waals surface area contributed by atoms with Crippen LogP contribution in [0.15, 0.2) is 35.2 Å². The molecular formula is C13H16N2S. The zero-order valence-electron chi connectivity index (χ0n) is 9.39. The molecule has 16 heavy (non-hydrogen) atoms. The van der Waals surface area contributed by atoms with Crippen molar-refractivity contribution in [2.45, 2.75) is 25.8 Å². The SMILES string of the molecule is Cc1ccc(C(N)CCc2ccsc2)cn1. The highest BCUT2D eigenvalue weighted by Gasteiger charge is 2.06. The van der Waals surface area contributed by atoms with E-state index in [0.29, 0.717) is 0 Å². The zero-order chi connectivity index (χ0) is 11.4. The Labute approximate surface area is 100 Å². The van der Waals surface area contributed by atoms with Crippen molar-refractivity contribution in [3.8, 4) is 0 Å². The Kier molecular flexibility index (Phi) is 3.70. The van der Waals surface area contributed by atoms with Gasteiger partial charge in [-0.15, -0.1) is 0 Å². The van der Waals surface area contributed by atoms with Crippen molar-refractivity contribution in [3.05, 3.63) is 52.0 Å². The number of pyridine rings is 1. The molecule has 2 heterocycles. The first-order chi connectivity index (χ1) is 7.75. The van der Waals surface area contributed by atoms with Gasteiger partial charge in [-0.25, -0.2) is 0 Å². The third-order valence-corrected chi connectivity index (χ3v) is 3.42. The van der Waals surface area contributed by atoms with E-state index in [1.54, 1.807) is 11.3 Å². The number of hydrogen-bond donors (Lipinski definition) is 1. The van der Waals surface area contributed by atoms with Crippen molar-refractivity contribution >= 4 is 11.3 Å². The summed E-state index contributed by atoms with van der Waals surface area (Å²) in [5.74, 6) is 0. The molecule has 0 aromatic carbocycles. The van der Waals surface area contributed by atoms with E-state index >= 15 is 0 Å². The maximum atomic E-state index is 6.13. The summed E-state index contributed by atoms with van der Waals surface area (Å²) in [6.45, 7) is 1.99. The fourth-order valence-corrected chi connectivity index (χ4v) is 2.33. The Morgan fingerprint density at radius 2 is 2.25 bits per heavy atom. The number of aryl methyl sites for hydroxylation is 2. The molecule has 3 heteroatoms. The lowest BCUT2D eigenvalue weighted by molar-refractivity contribution is 0.649. The van der Waals surface area contributed by atoms with E-state index in [4.69, 9.17) is 5.73 Å². The lowest BCUT2D eigenvalue weighted by atomic mass is 10.0. The summed E-state index contributed by atoms with van der Waals surface area (Å²) in [7, 11) is 0. The van der Waals surface area contributed by atoms with E-state index in [1.165, 1.54) is 5.56 Å². The number of nitrogens with two attached hydrogens (primary N) is 1. The molecule has 0 bridgehead atoms. The third-order valence-electron chi connectivity index (χ3n) is 2.69. The smallest absolute Gasteiger partial charge is 0.0372 e. The van der Waals surface area contributed by atoms with Crippen LogP contribution in [0.1, 0.15) is 29.3 Å². The summed E-state index contributed by atoms with van der Waals surface area (Å²) >= 11 is 1.74. The van der Waals surface area contributed by atoms with Crippen LogP contribution in [0.25, 0.3) is 0 Å². The minimum Gasteiger partial charge on any atom is -0.324 e. The first-order valence-corrected chi connectivity index (χ1v) is 6.39. The van der Waals surface area contributed by atoms with Crippen LogP contribution in [0, 0.1) is 6.92 Å². The van der Waals surface area contributed by atoms with Crippen molar-refractivity contribution < 1.29 is 0 Å². The predicted octanol–water partition coefficient (Wildman–Crippen LogP) is 3.08. The van der Waals surface area contributed by atoms with Crippen LogP contribution in [0.4, 0.5) is 0 Å². The molecule has 1 atom stereocenters. The van der Waals surface area contributed by atoms with E-state index in [1.807, 2.05) is 19.2 Å². The van der Waals surface area contributed by atoms with Crippen LogP contribution >= 0.6 is 11.3 Å². The lowest BCUT2D eigenvalue weighted by Crippen LogP contribution is -2.11. The quantitative estimate of drug-likeness (QED) is 0.879. The molecular weight excluding hydrogens is 216 g/mol. The fraction of sp³-hybridized carbons (Fsp3) is 0.308. The molecule has 0 spiro atoms. The Morgan fingerprint density at radius 3 is 2.88 bits per heavy atom. The first kappa shape index (κ1) is 11.3. The topological polar surface area (TPSA) is 38.9 Å². The van der Waals surface area contributed by atoms with Crippen LogP contribution in [-0.4, -0.2) is 4.98 Å². The highest BCUT2D eigenvalue weighted by molar-refractivity contribution is 7.07. The van der Waals surface area contributed by atoms with Gasteiger partial charge < -0.3 is 5.73 Å². The van der Waals surface area contributed by atoms with Crippen LogP contribution < -0.4 is 5.73 Å². The second-order valence-electron chi connectivity index (χ2n) is 4.01. The van der Waals surface area contributed by atoms with Gasteiger partial charge in [-0.05, 0) is 53.8 Å². The van der Waals surface area contributed by atoms with Crippen molar-refractivity contribution in [2.24, 2.45) is 5.73 Å². The fourth-order valence-electron chi connectivity index (χ4n) is 1.62. The summed E-state index contributed by atoms with van der Waals surface area (Å²) in [6, 6.07) is 6.33. The number of nitrogens with zero attached hydrogens (tertiary/aromatic N) is 1. The molecule has 2 aromatic heterocycles. The van der Waals surface area contributed by atoms with Crippen LogP contribution in [-0.2, 0) is 6.42 Å². The maximum absolute atomic E-state index is 6.13. The minimum absolute atomic E-state index is 0.0907. The van der Waals surface area contributed by atoms with Crippen molar-refractivity contribution in [1.29, 1.82) is 0 Å². The maximum Gasteiger partial charge on any atom is 0.0372 e. The van der Waals surface area contributed by atoms with E-state index in [9.17, 15) is 0 Å². The largest absolute Gasteiger partial charge is 0.324 e. The van der Waals surface area contributed by atoms with Crippen molar-refractivity contribution in [2.75, 3.05) is 0 Å². The zero-order valence-corrected chi connectivity index (χ0v) is 10.2. The molecule has 1 unspecified atom stereocenters. The Morgan fingerprint density at radius 1 is 1.38 bits per heavy atom. The molecule has 0 aliphatic heterocycles. The van der Waals surface area contributed by atoms with Crippen LogP contribution in [0.5, 0.6) is 0 Å². The summed E-state index contributed by atoms with van der Waals surface area (Å²) < 4.78 is 0. The molecule has 0 aliphatic rings. The second-order valence-corrected chi connectivity index (χ2v) is 4.79. The van der Waals surface area contributed by atoms with Crippen molar-refractivity contribution in [1.82, 2.24) is 4.98 Å². The Balaban J connectivity index is 1.93. The van der Waals surface area contributed by atoms with Crippen LogP contribution in [0.2, 0.25) is 0 Å². The van der Waals surface area contributed by atoms with Gasteiger partial charge in [0.15, 0.2) is 0 Å². The average Bonchev–Trinajstić information content (AvgIpc) is 2.80. The molecule has 0 radical (unpaired) electrons. The second kappa shape index (κ2) is 5.23. The lowest BCUT2D eigenvalue weighted by Gasteiger charge is -2.11. The van der Waals surface area contributed by atoms with Gasteiger partial charge in [0.2, 0.25) is 0 Å². The molecule has 84 valence electrons. The van der Waals surface area contributed by atoms with Crippen molar-refractivity contribution in [3.63, 3.8) is 0 Å². The number of hydrogen-bond acceptors (Lipinski definition) is 3. The highest BCUT2D eigenvalue weighted by atomic mass is 32.1. The molecule has 2 nitrogen and oxygen atoms in total. The van der Waals surface area contributed by atoms with Gasteiger partial charge >= 0.3 is 0 Å². The summed E-state index contributed by atoms with van der Waals surface area (Å²) in [5, 5.41) is 4.29. The van der Waals surface area contributed by atoms with Gasteiger partial charge in [-0.3, -0.25) is 4.98 Å². The summed E-state index contributed by atoms with van der Waals surface area (Å²) in [5.41, 5.74) is 9.66. The number of thiophene rings is 1. The Bertz CT molecular complexity index is 420. The molecule has 2 aromatic rings. The third kappa shape index (κ3) is 2.90.